The highest BCUT2D eigenvalue weighted by Crippen LogP contribution is 2.23. The largest absolute Gasteiger partial charge is 0.484 e. The summed E-state index contributed by atoms with van der Waals surface area (Å²) in [5.41, 5.74) is 1.29. The third-order valence-electron chi connectivity index (χ3n) is 2.43. The Morgan fingerprint density at radius 1 is 1.35 bits per heavy atom. The molecular formula is C13H17F3N2O2. The van der Waals surface area contributed by atoms with Crippen LogP contribution in [0.2, 0.25) is 0 Å². The fraction of sp³-hybridized carbons (Fsp3) is 0.462. The lowest BCUT2D eigenvalue weighted by molar-refractivity contribution is -0.153. The standard InChI is InChI=1S/C13H17F3N2O2/c1-9-3-4-10(6-18-12(19)7-17-2)11(5-9)20-8-13(14,15)16/h3-5,17H,6-8H2,1-2H3,(H,18,19). The van der Waals surface area contributed by atoms with Gasteiger partial charge in [0.15, 0.2) is 6.61 Å². The Morgan fingerprint density at radius 3 is 2.65 bits per heavy atom. The lowest BCUT2D eigenvalue weighted by atomic mass is 10.1. The van der Waals surface area contributed by atoms with E-state index in [1.165, 1.54) is 6.07 Å². The van der Waals surface area contributed by atoms with Crippen molar-refractivity contribution in [1.82, 2.24) is 10.6 Å². The highest BCUT2D eigenvalue weighted by molar-refractivity contribution is 5.78. The summed E-state index contributed by atoms with van der Waals surface area (Å²) in [4.78, 5) is 11.3. The molecule has 1 aromatic rings. The number of likely N-dealkylation sites (N-methyl/N-ethyl adjacent to an activating group) is 1. The zero-order valence-electron chi connectivity index (χ0n) is 11.3. The fourth-order valence-corrected chi connectivity index (χ4v) is 1.52. The molecule has 7 heteroatoms. The summed E-state index contributed by atoms with van der Waals surface area (Å²) in [6, 6.07) is 4.91. The van der Waals surface area contributed by atoms with Crippen molar-refractivity contribution in [2.75, 3.05) is 20.2 Å². The zero-order valence-corrected chi connectivity index (χ0v) is 11.3. The van der Waals surface area contributed by atoms with Gasteiger partial charge in [0.25, 0.3) is 0 Å². The Morgan fingerprint density at radius 2 is 2.05 bits per heavy atom. The molecule has 0 atom stereocenters. The van der Waals surface area contributed by atoms with E-state index in [0.29, 0.717) is 5.56 Å². The number of hydrogen-bond donors (Lipinski definition) is 2. The van der Waals surface area contributed by atoms with E-state index in [4.69, 9.17) is 4.74 Å². The summed E-state index contributed by atoms with van der Waals surface area (Å²) < 4.78 is 41.3. The molecule has 112 valence electrons. The van der Waals surface area contributed by atoms with Gasteiger partial charge in [-0.15, -0.1) is 0 Å². The van der Waals surface area contributed by atoms with Crippen molar-refractivity contribution in [1.29, 1.82) is 0 Å². The Bertz CT molecular complexity index is 461. The van der Waals surface area contributed by atoms with Gasteiger partial charge >= 0.3 is 6.18 Å². The number of halogens is 3. The summed E-state index contributed by atoms with van der Waals surface area (Å²) in [5, 5.41) is 5.27. The van der Waals surface area contributed by atoms with Gasteiger partial charge in [0.2, 0.25) is 5.91 Å². The quantitative estimate of drug-likeness (QED) is 0.839. The lowest BCUT2D eigenvalue weighted by Gasteiger charge is -2.14. The molecule has 0 fully saturated rings. The van der Waals surface area contributed by atoms with Crippen molar-refractivity contribution in [3.05, 3.63) is 29.3 Å². The van der Waals surface area contributed by atoms with Crippen LogP contribution in [-0.2, 0) is 11.3 Å². The molecule has 0 heterocycles. The van der Waals surface area contributed by atoms with Crippen LogP contribution < -0.4 is 15.4 Å². The molecule has 1 rings (SSSR count). The van der Waals surface area contributed by atoms with E-state index in [1.807, 2.05) is 0 Å². The molecule has 0 bridgehead atoms. The van der Waals surface area contributed by atoms with Gasteiger partial charge in [0, 0.05) is 12.1 Å². The molecule has 4 nitrogen and oxygen atoms in total. The number of hydrogen-bond acceptors (Lipinski definition) is 3. The maximum Gasteiger partial charge on any atom is 0.422 e. The van der Waals surface area contributed by atoms with Gasteiger partial charge in [-0.25, -0.2) is 0 Å². The molecule has 2 N–H and O–H groups in total. The second-order valence-corrected chi connectivity index (χ2v) is 4.32. The van der Waals surface area contributed by atoms with Crippen LogP contribution in [0.5, 0.6) is 5.75 Å². The first-order valence-corrected chi connectivity index (χ1v) is 6.02. The van der Waals surface area contributed by atoms with Gasteiger partial charge in [0.1, 0.15) is 5.75 Å². The molecule has 0 unspecified atom stereocenters. The first kappa shape index (κ1) is 16.3. The maximum absolute atomic E-state index is 12.2. The van der Waals surface area contributed by atoms with Crippen LogP contribution in [-0.4, -0.2) is 32.3 Å². The molecular weight excluding hydrogens is 273 g/mol. The van der Waals surface area contributed by atoms with Crippen LogP contribution in [0.4, 0.5) is 13.2 Å². The van der Waals surface area contributed by atoms with E-state index in [0.717, 1.165) is 5.56 Å². The second kappa shape index (κ2) is 7.14. The molecule has 0 aromatic heterocycles. The summed E-state index contributed by atoms with van der Waals surface area (Å²) >= 11 is 0. The Balaban J connectivity index is 2.72. The summed E-state index contributed by atoms with van der Waals surface area (Å²) in [7, 11) is 1.63. The number of amides is 1. The van der Waals surface area contributed by atoms with E-state index in [2.05, 4.69) is 10.6 Å². The molecule has 0 aliphatic carbocycles. The van der Waals surface area contributed by atoms with Gasteiger partial charge in [0.05, 0.1) is 6.54 Å². The van der Waals surface area contributed by atoms with Crippen LogP contribution in [0.3, 0.4) is 0 Å². The average molecular weight is 290 g/mol. The molecule has 0 saturated carbocycles. The van der Waals surface area contributed by atoms with Crippen molar-refractivity contribution in [3.63, 3.8) is 0 Å². The van der Waals surface area contributed by atoms with Gasteiger partial charge < -0.3 is 15.4 Å². The molecule has 0 aliphatic rings. The number of nitrogens with one attached hydrogen (secondary N) is 2. The zero-order chi connectivity index (χ0) is 15.2. The predicted molar refractivity (Wildman–Crippen MR) is 68.5 cm³/mol. The molecule has 0 saturated heterocycles. The second-order valence-electron chi connectivity index (χ2n) is 4.32. The number of aryl methyl sites for hydroxylation is 1. The van der Waals surface area contributed by atoms with Gasteiger partial charge in [-0.1, -0.05) is 12.1 Å². The molecule has 20 heavy (non-hydrogen) atoms. The predicted octanol–water partition coefficient (Wildman–Crippen LogP) is 1.77. The normalized spacial score (nSPS) is 11.2. The fourth-order valence-electron chi connectivity index (χ4n) is 1.52. The minimum atomic E-state index is -4.39. The topological polar surface area (TPSA) is 50.4 Å². The summed E-state index contributed by atoms with van der Waals surface area (Å²) in [6.07, 6.45) is -4.39. The van der Waals surface area contributed by atoms with Crippen molar-refractivity contribution >= 4 is 5.91 Å². The molecule has 0 aliphatic heterocycles. The SMILES string of the molecule is CNCC(=O)NCc1ccc(C)cc1OCC(F)(F)F. The first-order chi connectivity index (χ1) is 9.31. The van der Waals surface area contributed by atoms with Crippen LogP contribution in [0.15, 0.2) is 18.2 Å². The average Bonchev–Trinajstić information content (AvgIpc) is 2.34. The molecule has 0 spiro atoms. The smallest absolute Gasteiger partial charge is 0.422 e. The Labute approximate surface area is 115 Å². The summed E-state index contributed by atoms with van der Waals surface area (Å²) in [6.45, 7) is 0.663. The lowest BCUT2D eigenvalue weighted by Crippen LogP contribution is -2.31. The maximum atomic E-state index is 12.2. The van der Waals surface area contributed by atoms with E-state index >= 15 is 0 Å². The van der Waals surface area contributed by atoms with Gasteiger partial charge in [-0.05, 0) is 25.6 Å². The minimum absolute atomic E-state index is 0.119. The third kappa shape index (κ3) is 5.92. The third-order valence-corrected chi connectivity index (χ3v) is 2.43. The number of alkyl halides is 3. The van der Waals surface area contributed by atoms with Crippen LogP contribution in [0.25, 0.3) is 0 Å². The van der Waals surface area contributed by atoms with E-state index in [-0.39, 0.29) is 24.7 Å². The number of carbonyl (C=O) groups excluding carboxylic acids is 1. The van der Waals surface area contributed by atoms with Crippen molar-refractivity contribution in [2.45, 2.75) is 19.6 Å². The van der Waals surface area contributed by atoms with Crippen molar-refractivity contribution in [3.8, 4) is 5.75 Å². The molecule has 0 radical (unpaired) electrons. The Hall–Kier alpha value is -1.76. The van der Waals surface area contributed by atoms with Crippen molar-refractivity contribution in [2.24, 2.45) is 0 Å². The molecule has 1 amide bonds. The van der Waals surface area contributed by atoms with Crippen LogP contribution in [0, 0.1) is 6.92 Å². The Kier molecular flexibility index (Phi) is 5.82. The van der Waals surface area contributed by atoms with E-state index in [9.17, 15) is 18.0 Å². The van der Waals surface area contributed by atoms with Gasteiger partial charge in [-0.2, -0.15) is 13.2 Å². The minimum Gasteiger partial charge on any atom is -0.484 e. The van der Waals surface area contributed by atoms with E-state index < -0.39 is 12.8 Å². The molecule has 1 aromatic carbocycles. The number of rotatable bonds is 6. The highest BCUT2D eigenvalue weighted by Gasteiger charge is 2.28. The monoisotopic (exact) mass is 290 g/mol. The number of carbonyl (C=O) groups is 1. The first-order valence-electron chi connectivity index (χ1n) is 6.02. The highest BCUT2D eigenvalue weighted by atomic mass is 19.4. The van der Waals surface area contributed by atoms with Crippen LogP contribution in [0.1, 0.15) is 11.1 Å². The van der Waals surface area contributed by atoms with Crippen LogP contribution >= 0.6 is 0 Å². The van der Waals surface area contributed by atoms with E-state index in [1.54, 1.807) is 26.1 Å². The summed E-state index contributed by atoms with van der Waals surface area (Å²) in [5.74, 6) is -0.109. The van der Waals surface area contributed by atoms with Crippen molar-refractivity contribution < 1.29 is 22.7 Å². The van der Waals surface area contributed by atoms with Gasteiger partial charge in [-0.3, -0.25) is 4.79 Å². The number of ether oxygens (including phenoxy) is 1. The number of benzene rings is 1.